The minimum Gasteiger partial charge on any atom is -0.506 e. The molecule has 0 amide bonds. The van der Waals surface area contributed by atoms with Crippen molar-refractivity contribution in [2.24, 2.45) is 0 Å². The average molecular weight is 322 g/mol. The number of nitro benzene ring substituents is 1. The monoisotopic (exact) mass is 322 g/mol. The Hall–Kier alpha value is -3.86. The van der Waals surface area contributed by atoms with Gasteiger partial charge in [-0.15, -0.1) is 0 Å². The van der Waals surface area contributed by atoms with Crippen molar-refractivity contribution in [1.82, 2.24) is 4.98 Å². The van der Waals surface area contributed by atoms with Gasteiger partial charge in [0.05, 0.1) is 10.6 Å². The largest absolute Gasteiger partial charge is 0.506 e. The summed E-state index contributed by atoms with van der Waals surface area (Å²) in [6.07, 6.45) is 1.27. The Morgan fingerprint density at radius 2 is 2.17 bits per heavy atom. The van der Waals surface area contributed by atoms with Gasteiger partial charge in [-0.3, -0.25) is 10.1 Å². The van der Waals surface area contributed by atoms with Crippen molar-refractivity contribution in [1.29, 1.82) is 5.26 Å². The molecular weight excluding hydrogens is 312 g/mol. The fraction of sp³-hybridized carbons (Fsp3) is 0. The van der Waals surface area contributed by atoms with Crippen molar-refractivity contribution in [2.75, 3.05) is 5.32 Å². The molecule has 0 saturated heterocycles. The molecule has 8 nitrogen and oxygen atoms in total. The lowest BCUT2D eigenvalue weighted by atomic mass is 10.2. The lowest BCUT2D eigenvalue weighted by Crippen LogP contribution is -1.94. The lowest BCUT2D eigenvalue weighted by Gasteiger charge is -2.04. The van der Waals surface area contributed by atoms with E-state index in [4.69, 9.17) is 4.42 Å². The summed E-state index contributed by atoms with van der Waals surface area (Å²) >= 11 is 0. The Kier molecular flexibility index (Phi) is 3.82. The van der Waals surface area contributed by atoms with Crippen molar-refractivity contribution in [2.45, 2.75) is 0 Å². The second-order valence-electron chi connectivity index (χ2n) is 4.76. The third-order valence-electron chi connectivity index (χ3n) is 3.21. The Morgan fingerprint density at radius 1 is 1.38 bits per heavy atom. The highest BCUT2D eigenvalue weighted by Gasteiger charge is 2.12. The summed E-state index contributed by atoms with van der Waals surface area (Å²) in [5, 5.41) is 32.5. The molecule has 24 heavy (non-hydrogen) atoms. The molecular formula is C16H10N4O4. The van der Waals surface area contributed by atoms with Gasteiger partial charge in [0.15, 0.2) is 5.58 Å². The van der Waals surface area contributed by atoms with Crippen LogP contribution in [0.3, 0.4) is 0 Å². The number of fused-ring (bicyclic) bond motifs is 1. The molecule has 0 unspecified atom stereocenters. The summed E-state index contributed by atoms with van der Waals surface area (Å²) in [6, 6.07) is 12.5. The number of para-hydroxylation sites is 2. The summed E-state index contributed by atoms with van der Waals surface area (Å²) < 4.78 is 5.49. The second-order valence-corrected chi connectivity index (χ2v) is 4.76. The predicted molar refractivity (Wildman–Crippen MR) is 86.0 cm³/mol. The number of phenols is 1. The summed E-state index contributed by atoms with van der Waals surface area (Å²) in [5.74, 6) is -0.0807. The smallest absolute Gasteiger partial charge is 0.271 e. The molecule has 3 aromatic rings. The van der Waals surface area contributed by atoms with Crippen LogP contribution in [0.2, 0.25) is 0 Å². The number of rotatable bonds is 4. The number of aromatic nitrogens is 1. The van der Waals surface area contributed by atoms with Crippen LogP contribution in [-0.2, 0) is 0 Å². The van der Waals surface area contributed by atoms with E-state index >= 15 is 0 Å². The zero-order valence-corrected chi connectivity index (χ0v) is 12.1. The van der Waals surface area contributed by atoms with Crippen molar-refractivity contribution < 1.29 is 14.4 Å². The van der Waals surface area contributed by atoms with E-state index in [-0.39, 0.29) is 28.6 Å². The van der Waals surface area contributed by atoms with E-state index < -0.39 is 4.92 Å². The molecule has 2 N–H and O–H groups in total. The van der Waals surface area contributed by atoms with Crippen molar-refractivity contribution in [3.63, 3.8) is 0 Å². The van der Waals surface area contributed by atoms with Crippen LogP contribution in [0.25, 0.3) is 16.7 Å². The van der Waals surface area contributed by atoms with Gasteiger partial charge in [0.1, 0.15) is 22.9 Å². The maximum atomic E-state index is 10.8. The van der Waals surface area contributed by atoms with Gasteiger partial charge in [0.2, 0.25) is 5.89 Å². The Morgan fingerprint density at radius 3 is 2.88 bits per heavy atom. The molecule has 0 spiro atoms. The van der Waals surface area contributed by atoms with Crippen LogP contribution >= 0.6 is 0 Å². The van der Waals surface area contributed by atoms with E-state index in [1.54, 1.807) is 24.3 Å². The number of benzene rings is 2. The van der Waals surface area contributed by atoms with E-state index in [1.165, 1.54) is 18.3 Å². The zero-order chi connectivity index (χ0) is 17.1. The van der Waals surface area contributed by atoms with E-state index in [0.717, 1.165) is 6.07 Å². The normalized spacial score (nSPS) is 11.2. The average Bonchev–Trinajstić information content (AvgIpc) is 3.00. The van der Waals surface area contributed by atoms with Crippen molar-refractivity contribution in [3.8, 4) is 11.8 Å². The highest BCUT2D eigenvalue weighted by molar-refractivity contribution is 5.80. The number of phenolic OH excluding ortho intramolecular Hbond substituents is 1. The third kappa shape index (κ3) is 2.86. The van der Waals surface area contributed by atoms with Gasteiger partial charge in [0.25, 0.3) is 5.69 Å². The van der Waals surface area contributed by atoms with E-state index in [2.05, 4.69) is 10.3 Å². The van der Waals surface area contributed by atoms with Gasteiger partial charge < -0.3 is 14.8 Å². The molecule has 2 aromatic carbocycles. The quantitative estimate of drug-likeness (QED) is 0.326. The number of aromatic hydroxyl groups is 1. The van der Waals surface area contributed by atoms with Gasteiger partial charge >= 0.3 is 0 Å². The SMILES string of the molecule is N#CC(=CNc1cc([N+](=O)[O-])ccc1O)c1nc2ccccc2o1. The standard InChI is InChI=1S/C16H10N4O4/c17-8-10(16-19-12-3-1-2-4-15(12)24-16)9-18-13-7-11(20(22)23)5-6-14(13)21/h1-7,9,18,21H. The van der Waals surface area contributed by atoms with Crippen LogP contribution in [0.5, 0.6) is 5.75 Å². The number of non-ortho nitro benzene ring substituents is 1. The number of allylic oxidation sites excluding steroid dienone is 1. The molecule has 0 fully saturated rings. The molecule has 0 aliphatic rings. The molecule has 1 heterocycles. The number of nitrogens with zero attached hydrogens (tertiary/aromatic N) is 3. The molecule has 0 aliphatic carbocycles. The van der Waals surface area contributed by atoms with Gasteiger partial charge in [-0.05, 0) is 18.2 Å². The zero-order valence-electron chi connectivity index (χ0n) is 12.1. The van der Waals surface area contributed by atoms with Crippen LogP contribution in [-0.4, -0.2) is 15.0 Å². The topological polar surface area (TPSA) is 125 Å². The number of nitriles is 1. The maximum absolute atomic E-state index is 10.8. The van der Waals surface area contributed by atoms with Crippen LogP contribution in [0, 0.1) is 21.4 Å². The minimum absolute atomic E-state index is 0.0807. The maximum Gasteiger partial charge on any atom is 0.271 e. The molecule has 0 radical (unpaired) electrons. The van der Waals surface area contributed by atoms with Crippen LogP contribution in [0.1, 0.15) is 5.89 Å². The summed E-state index contributed by atoms with van der Waals surface area (Å²) in [4.78, 5) is 14.4. The minimum atomic E-state index is -0.583. The van der Waals surface area contributed by atoms with Crippen LogP contribution in [0.15, 0.2) is 53.1 Å². The number of hydrogen-bond donors (Lipinski definition) is 2. The van der Waals surface area contributed by atoms with Gasteiger partial charge in [-0.25, -0.2) is 4.98 Å². The van der Waals surface area contributed by atoms with E-state index in [9.17, 15) is 20.5 Å². The highest BCUT2D eigenvalue weighted by atomic mass is 16.6. The number of hydrogen-bond acceptors (Lipinski definition) is 7. The first-order chi connectivity index (χ1) is 11.6. The predicted octanol–water partition coefficient (Wildman–Crippen LogP) is 3.42. The number of oxazole rings is 1. The summed E-state index contributed by atoms with van der Waals surface area (Å²) in [5.41, 5.74) is 1.12. The van der Waals surface area contributed by atoms with Crippen LogP contribution < -0.4 is 5.32 Å². The van der Waals surface area contributed by atoms with Crippen molar-refractivity contribution >= 4 is 28.0 Å². The molecule has 0 bridgehead atoms. The summed E-state index contributed by atoms with van der Waals surface area (Å²) in [7, 11) is 0. The van der Waals surface area contributed by atoms with Gasteiger partial charge in [0, 0.05) is 18.3 Å². The van der Waals surface area contributed by atoms with Crippen LogP contribution in [0.4, 0.5) is 11.4 Å². The number of nitro groups is 1. The highest BCUT2D eigenvalue weighted by Crippen LogP contribution is 2.28. The molecule has 0 aliphatic heterocycles. The first kappa shape index (κ1) is 15.1. The molecule has 0 saturated carbocycles. The fourth-order valence-electron chi connectivity index (χ4n) is 2.03. The van der Waals surface area contributed by atoms with Crippen molar-refractivity contribution in [3.05, 3.63) is 64.7 Å². The Labute approximate surface area is 135 Å². The number of anilines is 1. The van der Waals surface area contributed by atoms with E-state index in [1.807, 2.05) is 6.07 Å². The number of nitrogens with one attached hydrogen (secondary N) is 1. The molecule has 8 heteroatoms. The fourth-order valence-corrected chi connectivity index (χ4v) is 2.03. The second kappa shape index (κ2) is 6.10. The molecule has 1 aromatic heterocycles. The van der Waals surface area contributed by atoms with Gasteiger partial charge in [-0.2, -0.15) is 5.26 Å². The van der Waals surface area contributed by atoms with Gasteiger partial charge in [-0.1, -0.05) is 12.1 Å². The lowest BCUT2D eigenvalue weighted by molar-refractivity contribution is -0.384. The molecule has 118 valence electrons. The third-order valence-corrected chi connectivity index (χ3v) is 3.21. The molecule has 0 atom stereocenters. The summed E-state index contributed by atoms with van der Waals surface area (Å²) in [6.45, 7) is 0. The first-order valence-corrected chi connectivity index (χ1v) is 6.78. The van der Waals surface area contributed by atoms with E-state index in [0.29, 0.717) is 11.1 Å². The Bertz CT molecular complexity index is 968. The Balaban J connectivity index is 1.93. The first-order valence-electron chi connectivity index (χ1n) is 6.78. The molecule has 3 rings (SSSR count).